The van der Waals surface area contributed by atoms with Gasteiger partial charge in [-0.05, 0) is 32.3 Å². The Labute approximate surface area is 136 Å². The molecule has 0 saturated heterocycles. The minimum Gasteiger partial charge on any atom is -0.369 e. The van der Waals surface area contributed by atoms with E-state index in [-0.39, 0.29) is 5.91 Å². The van der Waals surface area contributed by atoms with E-state index in [0.717, 1.165) is 30.3 Å². The standard InChI is InChI=1S/C16H22N6O/c1-12(23)20-13-5-4-6-14(9-13)21-16-10-15(18-11-19-16)17-7-8-22(2)3/h4-6,9-11H,7-8H2,1-3H3,(H,20,23)(H2,17,18,19,21). The third kappa shape index (κ3) is 5.91. The molecular weight excluding hydrogens is 292 g/mol. The van der Waals surface area contributed by atoms with Crippen LogP contribution < -0.4 is 16.0 Å². The molecule has 2 rings (SSSR count). The summed E-state index contributed by atoms with van der Waals surface area (Å²) in [4.78, 5) is 21.6. The summed E-state index contributed by atoms with van der Waals surface area (Å²) < 4.78 is 0. The molecule has 1 aromatic carbocycles. The third-order valence-electron chi connectivity index (χ3n) is 2.99. The number of likely N-dealkylation sites (N-methyl/N-ethyl adjacent to an activating group) is 1. The summed E-state index contributed by atoms with van der Waals surface area (Å²) in [5.41, 5.74) is 1.58. The van der Waals surface area contributed by atoms with Crippen molar-refractivity contribution in [3.63, 3.8) is 0 Å². The van der Waals surface area contributed by atoms with Gasteiger partial charge in [0.05, 0.1) is 0 Å². The molecule has 0 atom stereocenters. The minimum absolute atomic E-state index is 0.100. The molecule has 7 nitrogen and oxygen atoms in total. The van der Waals surface area contributed by atoms with E-state index >= 15 is 0 Å². The predicted octanol–water partition coefficient (Wildman–Crippen LogP) is 2.15. The molecular formula is C16H22N6O. The van der Waals surface area contributed by atoms with Crippen molar-refractivity contribution in [1.82, 2.24) is 14.9 Å². The topological polar surface area (TPSA) is 82.2 Å². The van der Waals surface area contributed by atoms with Gasteiger partial charge < -0.3 is 20.9 Å². The minimum atomic E-state index is -0.100. The van der Waals surface area contributed by atoms with E-state index in [9.17, 15) is 4.79 Å². The smallest absolute Gasteiger partial charge is 0.221 e. The summed E-state index contributed by atoms with van der Waals surface area (Å²) in [7, 11) is 4.05. The van der Waals surface area contributed by atoms with E-state index in [1.54, 1.807) is 0 Å². The molecule has 0 radical (unpaired) electrons. The molecule has 3 N–H and O–H groups in total. The molecule has 0 aliphatic carbocycles. The van der Waals surface area contributed by atoms with Crippen molar-refractivity contribution in [2.75, 3.05) is 43.1 Å². The number of anilines is 4. The molecule has 0 bridgehead atoms. The first kappa shape index (κ1) is 16.7. The van der Waals surface area contributed by atoms with Crippen LogP contribution in [-0.2, 0) is 4.79 Å². The number of benzene rings is 1. The van der Waals surface area contributed by atoms with E-state index in [2.05, 4.69) is 30.8 Å². The fourth-order valence-corrected chi connectivity index (χ4v) is 1.96. The van der Waals surface area contributed by atoms with Gasteiger partial charge in [-0.2, -0.15) is 0 Å². The highest BCUT2D eigenvalue weighted by Gasteiger charge is 2.02. The quantitative estimate of drug-likeness (QED) is 0.726. The lowest BCUT2D eigenvalue weighted by Crippen LogP contribution is -2.21. The van der Waals surface area contributed by atoms with Gasteiger partial charge in [0.15, 0.2) is 0 Å². The first-order valence-corrected chi connectivity index (χ1v) is 7.38. The maximum atomic E-state index is 11.1. The summed E-state index contributed by atoms with van der Waals surface area (Å²) in [5.74, 6) is 1.35. The highest BCUT2D eigenvalue weighted by molar-refractivity contribution is 5.89. The van der Waals surface area contributed by atoms with Crippen molar-refractivity contribution in [2.45, 2.75) is 6.92 Å². The number of hydrogen-bond acceptors (Lipinski definition) is 6. The first-order valence-electron chi connectivity index (χ1n) is 7.38. The second kappa shape index (κ2) is 8.09. The molecule has 0 unspecified atom stereocenters. The second-order valence-electron chi connectivity index (χ2n) is 5.41. The van der Waals surface area contributed by atoms with Crippen LogP contribution in [0.3, 0.4) is 0 Å². The number of rotatable bonds is 7. The van der Waals surface area contributed by atoms with Crippen molar-refractivity contribution < 1.29 is 4.79 Å². The maximum absolute atomic E-state index is 11.1. The molecule has 0 spiro atoms. The molecule has 0 aliphatic heterocycles. The maximum Gasteiger partial charge on any atom is 0.221 e. The number of nitrogens with one attached hydrogen (secondary N) is 3. The lowest BCUT2D eigenvalue weighted by Gasteiger charge is -2.12. The van der Waals surface area contributed by atoms with Crippen molar-refractivity contribution >= 4 is 28.9 Å². The van der Waals surface area contributed by atoms with Crippen LogP contribution in [0.2, 0.25) is 0 Å². The van der Waals surface area contributed by atoms with Gasteiger partial charge in [-0.3, -0.25) is 4.79 Å². The molecule has 0 aliphatic rings. The van der Waals surface area contributed by atoms with Gasteiger partial charge >= 0.3 is 0 Å². The number of aromatic nitrogens is 2. The lowest BCUT2D eigenvalue weighted by molar-refractivity contribution is -0.114. The molecule has 1 amide bonds. The average molecular weight is 314 g/mol. The molecule has 7 heteroatoms. The zero-order chi connectivity index (χ0) is 16.7. The fraction of sp³-hybridized carbons (Fsp3) is 0.312. The monoisotopic (exact) mass is 314 g/mol. The molecule has 122 valence electrons. The van der Waals surface area contributed by atoms with Gasteiger partial charge in [0.25, 0.3) is 0 Å². The van der Waals surface area contributed by atoms with Crippen LogP contribution in [0.25, 0.3) is 0 Å². The first-order chi connectivity index (χ1) is 11.0. The highest BCUT2D eigenvalue weighted by Crippen LogP contribution is 2.19. The van der Waals surface area contributed by atoms with Crippen LogP contribution in [0.15, 0.2) is 36.7 Å². The molecule has 0 saturated carbocycles. The van der Waals surface area contributed by atoms with Crippen LogP contribution in [0.4, 0.5) is 23.0 Å². The van der Waals surface area contributed by atoms with Gasteiger partial charge in [-0.1, -0.05) is 6.07 Å². The summed E-state index contributed by atoms with van der Waals surface area (Å²) in [6.07, 6.45) is 1.51. The third-order valence-corrected chi connectivity index (χ3v) is 2.99. The van der Waals surface area contributed by atoms with Crippen molar-refractivity contribution in [1.29, 1.82) is 0 Å². The number of carbonyl (C=O) groups is 1. The number of amides is 1. The van der Waals surface area contributed by atoms with Crippen LogP contribution in [-0.4, -0.2) is 48.0 Å². The van der Waals surface area contributed by atoms with Crippen molar-refractivity contribution in [3.8, 4) is 0 Å². The van der Waals surface area contributed by atoms with Crippen molar-refractivity contribution in [3.05, 3.63) is 36.7 Å². The Kier molecular flexibility index (Phi) is 5.87. The molecule has 2 aromatic rings. The van der Waals surface area contributed by atoms with Crippen molar-refractivity contribution in [2.24, 2.45) is 0 Å². The van der Waals surface area contributed by atoms with Gasteiger partial charge in [0, 0.05) is 37.5 Å². The molecule has 23 heavy (non-hydrogen) atoms. The second-order valence-corrected chi connectivity index (χ2v) is 5.41. The number of hydrogen-bond donors (Lipinski definition) is 3. The van der Waals surface area contributed by atoms with Crippen LogP contribution in [0.1, 0.15) is 6.92 Å². The van der Waals surface area contributed by atoms with E-state index in [1.165, 1.54) is 13.3 Å². The Hall–Kier alpha value is -2.67. The fourth-order valence-electron chi connectivity index (χ4n) is 1.96. The number of nitrogens with zero attached hydrogens (tertiary/aromatic N) is 3. The summed E-state index contributed by atoms with van der Waals surface area (Å²) >= 11 is 0. The molecule has 1 heterocycles. The zero-order valence-corrected chi connectivity index (χ0v) is 13.6. The molecule has 0 fully saturated rings. The summed E-state index contributed by atoms with van der Waals surface area (Å²) in [6.45, 7) is 3.21. The lowest BCUT2D eigenvalue weighted by atomic mass is 10.2. The Morgan fingerprint density at radius 3 is 2.61 bits per heavy atom. The Morgan fingerprint density at radius 2 is 1.87 bits per heavy atom. The van der Waals surface area contributed by atoms with E-state index < -0.39 is 0 Å². The SMILES string of the molecule is CC(=O)Nc1cccc(Nc2cc(NCCN(C)C)ncn2)c1. The van der Waals surface area contributed by atoms with Gasteiger partial charge in [-0.25, -0.2) is 9.97 Å². The number of carbonyl (C=O) groups excluding carboxylic acids is 1. The van der Waals surface area contributed by atoms with Crippen LogP contribution >= 0.6 is 0 Å². The average Bonchev–Trinajstić information content (AvgIpc) is 2.47. The van der Waals surface area contributed by atoms with Crippen LogP contribution in [0.5, 0.6) is 0 Å². The van der Waals surface area contributed by atoms with Gasteiger partial charge in [0.1, 0.15) is 18.0 Å². The Morgan fingerprint density at radius 1 is 1.13 bits per heavy atom. The van der Waals surface area contributed by atoms with Gasteiger partial charge in [-0.15, -0.1) is 0 Å². The summed E-state index contributed by atoms with van der Waals surface area (Å²) in [6, 6.07) is 9.31. The van der Waals surface area contributed by atoms with Gasteiger partial charge in [0.2, 0.25) is 5.91 Å². The highest BCUT2D eigenvalue weighted by atomic mass is 16.1. The van der Waals surface area contributed by atoms with E-state index in [4.69, 9.17) is 0 Å². The largest absolute Gasteiger partial charge is 0.369 e. The normalized spacial score (nSPS) is 10.4. The predicted molar refractivity (Wildman–Crippen MR) is 93.1 cm³/mol. The van der Waals surface area contributed by atoms with Crippen LogP contribution in [0, 0.1) is 0 Å². The van der Waals surface area contributed by atoms with E-state index in [0.29, 0.717) is 5.82 Å². The molecule has 1 aromatic heterocycles. The Bertz CT molecular complexity index is 659. The Balaban J connectivity index is 2.01. The summed E-state index contributed by atoms with van der Waals surface area (Å²) in [5, 5.41) is 9.21. The zero-order valence-electron chi connectivity index (χ0n) is 13.6. The van der Waals surface area contributed by atoms with E-state index in [1.807, 2.05) is 44.4 Å².